The smallest absolute Gasteiger partial charge is 0.231 e. The summed E-state index contributed by atoms with van der Waals surface area (Å²) in [6, 6.07) is 7.56. The molecule has 0 spiro atoms. The van der Waals surface area contributed by atoms with Crippen molar-refractivity contribution in [3.05, 3.63) is 44.6 Å². The summed E-state index contributed by atoms with van der Waals surface area (Å²) >= 11 is 5.40. The summed E-state index contributed by atoms with van der Waals surface area (Å²) in [6.45, 7) is 2.50. The molecule has 8 heteroatoms. The fourth-order valence-electron chi connectivity index (χ4n) is 2.70. The molecule has 2 aromatic rings. The largest absolute Gasteiger partial charge is 0.454 e. The van der Waals surface area contributed by atoms with E-state index in [1.807, 2.05) is 37.4 Å². The monoisotopic (exact) mass is 502 g/mol. The number of fused-ring (bicyclic) bond motifs is 1. The van der Waals surface area contributed by atoms with E-state index in [-0.39, 0.29) is 12.7 Å². The van der Waals surface area contributed by atoms with Gasteiger partial charge in [0.05, 0.1) is 0 Å². The number of rotatable bonds is 7. The molecule has 4 rings (SSSR count). The number of nitrogens with one attached hydrogen (secondary N) is 1. The molecule has 27 heavy (non-hydrogen) atoms. The molecule has 6 nitrogen and oxygen atoms in total. The number of carbonyl (C=O) groups is 1. The Balaban J connectivity index is 1.36. The van der Waals surface area contributed by atoms with Gasteiger partial charge in [0.1, 0.15) is 0 Å². The van der Waals surface area contributed by atoms with Crippen molar-refractivity contribution in [1.29, 1.82) is 0 Å². The first kappa shape index (κ1) is 18.6. The summed E-state index contributed by atoms with van der Waals surface area (Å²) in [5.74, 6) is 1.54. The van der Waals surface area contributed by atoms with E-state index in [9.17, 15) is 4.79 Å². The molecule has 1 aromatic heterocycles. The van der Waals surface area contributed by atoms with Gasteiger partial charge in [-0.25, -0.2) is 0 Å². The summed E-state index contributed by atoms with van der Waals surface area (Å²) < 4.78 is 20.4. The average molecular weight is 503 g/mol. The van der Waals surface area contributed by atoms with Crippen molar-refractivity contribution in [1.82, 2.24) is 10.3 Å². The van der Waals surface area contributed by atoms with E-state index in [0.717, 1.165) is 11.3 Å². The van der Waals surface area contributed by atoms with Crippen LogP contribution in [0.25, 0.3) is 0 Å². The number of benzene rings is 1. The van der Waals surface area contributed by atoms with Crippen LogP contribution >= 0.6 is 31.4 Å². The minimum atomic E-state index is -0.911. The minimum Gasteiger partial charge on any atom is -0.454 e. The van der Waals surface area contributed by atoms with Gasteiger partial charge in [0, 0.05) is 0 Å². The van der Waals surface area contributed by atoms with Crippen LogP contribution in [0.1, 0.15) is 18.9 Å². The maximum absolute atomic E-state index is 12.5. The summed E-state index contributed by atoms with van der Waals surface area (Å²) in [5.41, 5.74) is 0.929. The normalized spacial score (nSPS) is 16.7. The first-order valence-electron chi connectivity index (χ1n) is 8.74. The average Bonchev–Trinajstić information content (AvgIpc) is 3.42. The second-order valence-corrected chi connectivity index (χ2v) is 12.6. The van der Waals surface area contributed by atoms with Gasteiger partial charge in [-0.3, -0.25) is 0 Å². The number of ether oxygens (including phenoxy) is 3. The van der Waals surface area contributed by atoms with Crippen LogP contribution in [-0.4, -0.2) is 32.6 Å². The molecule has 144 valence electrons. The maximum atomic E-state index is 12.5. The van der Waals surface area contributed by atoms with Crippen LogP contribution in [0.4, 0.5) is 0 Å². The van der Waals surface area contributed by atoms with Gasteiger partial charge in [0.2, 0.25) is 6.79 Å². The van der Waals surface area contributed by atoms with Gasteiger partial charge in [0.15, 0.2) is 5.75 Å². The third-order valence-electron chi connectivity index (χ3n) is 4.28. The van der Waals surface area contributed by atoms with Gasteiger partial charge in [0.25, 0.3) is 0 Å². The van der Waals surface area contributed by atoms with Crippen LogP contribution in [-0.2, 0) is 11.3 Å². The molecule has 3 heterocycles. The molecule has 1 unspecified atom stereocenters. The van der Waals surface area contributed by atoms with E-state index >= 15 is 0 Å². The first-order chi connectivity index (χ1) is 13.1. The third kappa shape index (κ3) is 4.40. The SMILES string of the molecule is CCC(Oc1ncc(I2CC2)cc1Cl)C(=O)NCc1ccc2c(c1)OCO2. The van der Waals surface area contributed by atoms with Crippen molar-refractivity contribution in [2.75, 3.05) is 15.6 Å². The van der Waals surface area contributed by atoms with Gasteiger partial charge in [-0.05, 0) is 0 Å². The Kier molecular flexibility index (Phi) is 5.58. The topological polar surface area (TPSA) is 69.7 Å². The zero-order valence-electron chi connectivity index (χ0n) is 14.8. The molecular weight excluding hydrogens is 483 g/mol. The molecule has 1 saturated heterocycles. The van der Waals surface area contributed by atoms with E-state index < -0.39 is 25.9 Å². The zero-order chi connectivity index (χ0) is 18.8. The number of hydrogen-bond acceptors (Lipinski definition) is 5. The Morgan fingerprint density at radius 1 is 1.33 bits per heavy atom. The van der Waals surface area contributed by atoms with E-state index in [1.54, 1.807) is 0 Å². The molecule has 1 atom stereocenters. The zero-order valence-corrected chi connectivity index (χ0v) is 17.7. The quantitative estimate of drug-likeness (QED) is 0.463. The third-order valence-corrected chi connectivity index (χ3v) is 9.06. The van der Waals surface area contributed by atoms with E-state index in [2.05, 4.69) is 10.3 Å². The summed E-state index contributed by atoms with van der Waals surface area (Å²) in [4.78, 5) is 16.9. The Morgan fingerprint density at radius 2 is 2.15 bits per heavy atom. The molecule has 1 aromatic carbocycles. The number of aromatic nitrogens is 1. The number of halogens is 2. The van der Waals surface area contributed by atoms with E-state index in [4.69, 9.17) is 25.8 Å². The van der Waals surface area contributed by atoms with Crippen LogP contribution < -0.4 is 19.5 Å². The van der Waals surface area contributed by atoms with Crippen LogP contribution in [0.5, 0.6) is 17.4 Å². The Labute approximate surface area is 169 Å². The number of amides is 1. The van der Waals surface area contributed by atoms with E-state index in [0.29, 0.717) is 29.6 Å². The predicted octanol–water partition coefficient (Wildman–Crippen LogP) is 3.63. The van der Waals surface area contributed by atoms with Crippen LogP contribution in [0.15, 0.2) is 30.5 Å². The second-order valence-electron chi connectivity index (χ2n) is 6.19. The van der Waals surface area contributed by atoms with Gasteiger partial charge in [-0.15, -0.1) is 0 Å². The number of nitrogens with zero attached hydrogens (tertiary/aromatic N) is 1. The molecule has 0 radical (unpaired) electrons. The number of pyridine rings is 1. The van der Waals surface area contributed by atoms with Crippen LogP contribution in [0, 0.1) is 3.57 Å². The minimum absolute atomic E-state index is 0.199. The van der Waals surface area contributed by atoms with Crippen molar-refractivity contribution < 1.29 is 19.0 Å². The van der Waals surface area contributed by atoms with E-state index in [1.165, 1.54) is 12.4 Å². The maximum Gasteiger partial charge on any atom is 0.231 e. The summed E-state index contributed by atoms with van der Waals surface area (Å²) in [6.07, 6.45) is 1.73. The number of carbonyl (C=O) groups excluding carboxylic acids is 1. The Morgan fingerprint density at radius 3 is 2.89 bits per heavy atom. The fraction of sp³-hybridized carbons (Fsp3) is 0.368. The number of alkyl halides is 2. The standard InChI is InChI=1S/C19H20ClIN2O4/c1-2-15(27-19-14(20)8-13(10-23-19)21-5-6-21)18(24)22-9-12-3-4-16-17(7-12)26-11-25-16/h3-4,7-8,10,15H,2,5-6,9,11H2,1H3,(H,22,24). The van der Waals surface area contributed by atoms with Crippen molar-refractivity contribution in [3.8, 4) is 17.4 Å². The number of hydrogen-bond donors (Lipinski definition) is 1. The Hall–Kier alpha value is -1.74. The molecule has 0 bridgehead atoms. The van der Waals surface area contributed by atoms with Crippen LogP contribution in [0.2, 0.25) is 5.02 Å². The summed E-state index contributed by atoms with van der Waals surface area (Å²) in [5, 5.41) is 3.38. The van der Waals surface area contributed by atoms with Gasteiger partial charge >= 0.3 is 148 Å². The molecule has 1 fully saturated rings. The first-order valence-corrected chi connectivity index (χ1v) is 13.2. The van der Waals surface area contributed by atoms with Gasteiger partial charge in [-0.2, -0.15) is 0 Å². The van der Waals surface area contributed by atoms with Crippen molar-refractivity contribution in [2.45, 2.75) is 26.0 Å². The van der Waals surface area contributed by atoms with Gasteiger partial charge < -0.3 is 9.47 Å². The summed E-state index contributed by atoms with van der Waals surface area (Å²) in [7, 11) is 0. The Bertz CT molecular complexity index is 860. The molecule has 0 saturated carbocycles. The van der Waals surface area contributed by atoms with Gasteiger partial charge in [-0.1, -0.05) is 0 Å². The molecule has 1 N–H and O–H groups in total. The molecule has 1 amide bonds. The molecule has 0 aliphatic carbocycles. The molecule has 2 aliphatic heterocycles. The molecule has 2 aliphatic rings. The fourth-order valence-corrected chi connectivity index (χ4v) is 7.20. The molecular formula is C19H20ClIN2O4. The van der Waals surface area contributed by atoms with Crippen molar-refractivity contribution in [2.24, 2.45) is 0 Å². The van der Waals surface area contributed by atoms with Crippen molar-refractivity contribution in [3.63, 3.8) is 0 Å². The van der Waals surface area contributed by atoms with Crippen LogP contribution in [0.3, 0.4) is 0 Å². The predicted molar refractivity (Wildman–Crippen MR) is 111 cm³/mol. The van der Waals surface area contributed by atoms with Crippen molar-refractivity contribution >= 4 is 37.3 Å². The second kappa shape index (κ2) is 8.10.